The van der Waals surface area contributed by atoms with Gasteiger partial charge in [-0.25, -0.2) is 0 Å². The highest BCUT2D eigenvalue weighted by Gasteiger charge is 2.40. The van der Waals surface area contributed by atoms with Crippen LogP contribution in [0.2, 0.25) is 0 Å². The normalized spacial score (nSPS) is 34.0. The van der Waals surface area contributed by atoms with Crippen molar-refractivity contribution in [2.45, 2.75) is 50.8 Å². The van der Waals surface area contributed by atoms with E-state index in [9.17, 15) is 8.42 Å². The Balaban J connectivity index is 2.15. The van der Waals surface area contributed by atoms with Crippen molar-refractivity contribution < 1.29 is 13.2 Å². The number of nitrogens with zero attached hydrogens (tertiary/aromatic N) is 2. The molecule has 3 atom stereocenters. The van der Waals surface area contributed by atoms with Gasteiger partial charge in [0.25, 0.3) is 10.2 Å². The molecule has 0 aromatic carbocycles. The van der Waals surface area contributed by atoms with Gasteiger partial charge in [-0.15, -0.1) is 0 Å². The predicted molar refractivity (Wildman–Crippen MR) is 73.9 cm³/mol. The molecule has 6 nitrogen and oxygen atoms in total. The van der Waals surface area contributed by atoms with E-state index in [2.05, 4.69) is 0 Å². The molecule has 2 N–H and O–H groups in total. The second-order valence-electron chi connectivity index (χ2n) is 5.45. The monoisotopic (exact) mass is 291 g/mol. The molecule has 0 bridgehead atoms. The van der Waals surface area contributed by atoms with Crippen LogP contribution >= 0.6 is 0 Å². The van der Waals surface area contributed by atoms with Gasteiger partial charge in [0.15, 0.2) is 0 Å². The number of nitrogens with two attached hydrogens (primary N) is 1. The smallest absolute Gasteiger partial charge is 0.282 e. The third kappa shape index (κ3) is 2.95. The van der Waals surface area contributed by atoms with E-state index in [1.807, 2.05) is 6.92 Å². The molecule has 19 heavy (non-hydrogen) atoms. The van der Waals surface area contributed by atoms with Gasteiger partial charge in [-0.1, -0.05) is 6.42 Å². The molecular formula is C12H25N3O3S. The number of hydrogen-bond donors (Lipinski definition) is 1. The largest absolute Gasteiger partial charge is 0.377 e. The Hall–Kier alpha value is -0.210. The molecule has 112 valence electrons. The van der Waals surface area contributed by atoms with Crippen LogP contribution in [0.15, 0.2) is 0 Å². The average Bonchev–Trinajstić information content (AvgIpc) is 2.83. The SMILES string of the molecule is CC1OCCC1N(C)S(=O)(=O)N1CCCCC1CN. The lowest BCUT2D eigenvalue weighted by atomic mass is 10.1. The van der Waals surface area contributed by atoms with Gasteiger partial charge in [0.1, 0.15) is 0 Å². The Labute approximate surface area is 116 Å². The molecule has 3 unspecified atom stereocenters. The van der Waals surface area contributed by atoms with E-state index in [4.69, 9.17) is 10.5 Å². The fraction of sp³-hybridized carbons (Fsp3) is 1.00. The summed E-state index contributed by atoms with van der Waals surface area (Å²) in [5.74, 6) is 0. The van der Waals surface area contributed by atoms with Gasteiger partial charge in [0.2, 0.25) is 0 Å². The molecule has 0 aromatic rings. The second kappa shape index (κ2) is 6.05. The summed E-state index contributed by atoms with van der Waals surface area (Å²) in [7, 11) is -1.77. The second-order valence-corrected chi connectivity index (χ2v) is 7.39. The Morgan fingerprint density at radius 1 is 1.37 bits per heavy atom. The summed E-state index contributed by atoms with van der Waals surface area (Å²) >= 11 is 0. The van der Waals surface area contributed by atoms with Crippen LogP contribution in [0.5, 0.6) is 0 Å². The molecule has 0 spiro atoms. The highest BCUT2D eigenvalue weighted by Crippen LogP contribution is 2.26. The van der Waals surface area contributed by atoms with Crippen molar-refractivity contribution in [2.24, 2.45) is 5.73 Å². The molecule has 2 rings (SSSR count). The zero-order valence-electron chi connectivity index (χ0n) is 11.8. The minimum absolute atomic E-state index is 0.0408. The summed E-state index contributed by atoms with van der Waals surface area (Å²) in [5.41, 5.74) is 5.72. The average molecular weight is 291 g/mol. The molecule has 2 aliphatic heterocycles. The third-order valence-electron chi connectivity index (χ3n) is 4.31. The maximum absolute atomic E-state index is 12.7. The first-order valence-corrected chi connectivity index (χ1v) is 8.44. The number of hydrogen-bond acceptors (Lipinski definition) is 4. The summed E-state index contributed by atoms with van der Waals surface area (Å²) < 4.78 is 34.0. The highest BCUT2D eigenvalue weighted by atomic mass is 32.2. The molecule has 2 heterocycles. The lowest BCUT2D eigenvalue weighted by Gasteiger charge is -2.38. The molecule has 0 aliphatic carbocycles. The summed E-state index contributed by atoms with van der Waals surface area (Å²) in [6, 6.07) is -0.121. The molecule has 0 aromatic heterocycles. The summed E-state index contributed by atoms with van der Waals surface area (Å²) in [6.07, 6.45) is 3.56. The van der Waals surface area contributed by atoms with Crippen molar-refractivity contribution in [3.63, 3.8) is 0 Å². The minimum Gasteiger partial charge on any atom is -0.377 e. The maximum atomic E-state index is 12.7. The van der Waals surface area contributed by atoms with E-state index in [0.29, 0.717) is 19.7 Å². The van der Waals surface area contributed by atoms with E-state index < -0.39 is 10.2 Å². The lowest BCUT2D eigenvalue weighted by molar-refractivity contribution is 0.0994. The Morgan fingerprint density at radius 2 is 2.11 bits per heavy atom. The van der Waals surface area contributed by atoms with Crippen molar-refractivity contribution in [3.8, 4) is 0 Å². The van der Waals surface area contributed by atoms with Gasteiger partial charge in [-0.05, 0) is 26.2 Å². The van der Waals surface area contributed by atoms with E-state index in [-0.39, 0.29) is 18.2 Å². The van der Waals surface area contributed by atoms with Crippen molar-refractivity contribution >= 4 is 10.2 Å². The van der Waals surface area contributed by atoms with Crippen LogP contribution in [0.25, 0.3) is 0 Å². The number of rotatable bonds is 4. The van der Waals surface area contributed by atoms with E-state index >= 15 is 0 Å². The van der Waals surface area contributed by atoms with E-state index in [0.717, 1.165) is 25.7 Å². The van der Waals surface area contributed by atoms with Crippen LogP contribution in [-0.2, 0) is 14.9 Å². The molecule has 7 heteroatoms. The molecule has 0 radical (unpaired) electrons. The molecule has 0 saturated carbocycles. The van der Waals surface area contributed by atoms with Crippen LogP contribution in [0.3, 0.4) is 0 Å². The van der Waals surface area contributed by atoms with Gasteiger partial charge in [0.05, 0.1) is 12.1 Å². The lowest BCUT2D eigenvalue weighted by Crippen LogP contribution is -2.55. The number of ether oxygens (including phenoxy) is 1. The highest BCUT2D eigenvalue weighted by molar-refractivity contribution is 7.86. The first-order valence-electron chi connectivity index (χ1n) is 7.05. The third-order valence-corrected chi connectivity index (χ3v) is 6.38. The van der Waals surface area contributed by atoms with Gasteiger partial charge in [0, 0.05) is 32.8 Å². The molecule has 0 amide bonds. The minimum atomic E-state index is -3.43. The molecular weight excluding hydrogens is 266 g/mol. The zero-order valence-corrected chi connectivity index (χ0v) is 12.6. The Bertz CT molecular complexity index is 401. The first-order chi connectivity index (χ1) is 8.98. The van der Waals surface area contributed by atoms with Crippen LogP contribution < -0.4 is 5.73 Å². The van der Waals surface area contributed by atoms with Gasteiger partial charge in [-0.2, -0.15) is 17.0 Å². The van der Waals surface area contributed by atoms with Crippen molar-refractivity contribution in [1.82, 2.24) is 8.61 Å². The Morgan fingerprint density at radius 3 is 2.68 bits per heavy atom. The zero-order chi connectivity index (χ0) is 14.0. The van der Waals surface area contributed by atoms with Gasteiger partial charge < -0.3 is 10.5 Å². The van der Waals surface area contributed by atoms with Crippen LogP contribution in [-0.4, -0.2) is 62.0 Å². The number of likely N-dealkylation sites (N-methyl/N-ethyl adjacent to an activating group) is 1. The standard InChI is InChI=1S/C12H25N3O3S/c1-10-12(6-8-18-10)14(2)19(16,17)15-7-4-3-5-11(15)9-13/h10-12H,3-9,13H2,1-2H3. The fourth-order valence-corrected chi connectivity index (χ4v) is 4.93. The van der Waals surface area contributed by atoms with Crippen molar-refractivity contribution in [2.75, 3.05) is 26.7 Å². The summed E-state index contributed by atoms with van der Waals surface area (Å²) in [5, 5.41) is 0. The maximum Gasteiger partial charge on any atom is 0.282 e. The van der Waals surface area contributed by atoms with Crippen molar-refractivity contribution in [3.05, 3.63) is 0 Å². The quantitative estimate of drug-likeness (QED) is 0.800. The van der Waals surface area contributed by atoms with Crippen LogP contribution in [0.1, 0.15) is 32.6 Å². The van der Waals surface area contributed by atoms with Crippen molar-refractivity contribution in [1.29, 1.82) is 0 Å². The summed E-state index contributed by atoms with van der Waals surface area (Å²) in [4.78, 5) is 0. The number of piperidine rings is 1. The van der Waals surface area contributed by atoms with Gasteiger partial charge in [-0.3, -0.25) is 0 Å². The van der Waals surface area contributed by atoms with Gasteiger partial charge >= 0.3 is 0 Å². The Kier molecular flexibility index (Phi) is 4.84. The molecule has 2 aliphatic rings. The van der Waals surface area contributed by atoms with E-state index in [1.165, 1.54) is 4.31 Å². The topological polar surface area (TPSA) is 75.9 Å². The predicted octanol–water partition coefficient (Wildman–Crippen LogP) is 0.154. The summed E-state index contributed by atoms with van der Waals surface area (Å²) in [6.45, 7) is 3.53. The van der Waals surface area contributed by atoms with Crippen LogP contribution in [0, 0.1) is 0 Å². The molecule has 2 saturated heterocycles. The first kappa shape index (κ1) is 15.2. The van der Waals surface area contributed by atoms with Crippen LogP contribution in [0.4, 0.5) is 0 Å². The molecule has 2 fully saturated rings. The fourth-order valence-electron chi connectivity index (χ4n) is 3.05. The van der Waals surface area contributed by atoms with E-state index in [1.54, 1.807) is 11.4 Å².